The predicted octanol–water partition coefficient (Wildman–Crippen LogP) is 1.48. The third-order valence-electron chi connectivity index (χ3n) is 3.09. The van der Waals surface area contributed by atoms with Crippen LogP contribution in [0, 0.1) is 23.1 Å². The molecule has 1 heterocycles. The fourth-order valence-electron chi connectivity index (χ4n) is 2.02. The maximum absolute atomic E-state index is 13.7. The SMILES string of the molecule is CC1CN(c2ccc(C#N)cc2F)CC1N. The van der Waals surface area contributed by atoms with Crippen LogP contribution in [0.2, 0.25) is 0 Å². The first-order chi connectivity index (χ1) is 7.61. The summed E-state index contributed by atoms with van der Waals surface area (Å²) in [4.78, 5) is 1.94. The minimum Gasteiger partial charge on any atom is -0.367 e. The van der Waals surface area contributed by atoms with E-state index >= 15 is 0 Å². The van der Waals surface area contributed by atoms with Gasteiger partial charge in [-0.2, -0.15) is 5.26 Å². The number of hydrogen-bond acceptors (Lipinski definition) is 3. The highest BCUT2D eigenvalue weighted by molar-refractivity contribution is 5.52. The Hall–Kier alpha value is -1.60. The van der Waals surface area contributed by atoms with Gasteiger partial charge in [-0.15, -0.1) is 0 Å². The van der Waals surface area contributed by atoms with Crippen molar-refractivity contribution >= 4 is 5.69 Å². The molecule has 0 bridgehead atoms. The van der Waals surface area contributed by atoms with Gasteiger partial charge in [0.25, 0.3) is 0 Å². The molecule has 1 aromatic rings. The van der Waals surface area contributed by atoms with Crippen molar-refractivity contribution in [2.45, 2.75) is 13.0 Å². The minimum atomic E-state index is -0.347. The van der Waals surface area contributed by atoms with Gasteiger partial charge in [-0.25, -0.2) is 4.39 Å². The predicted molar refractivity (Wildman–Crippen MR) is 60.5 cm³/mol. The molecule has 2 unspecified atom stereocenters. The molecule has 0 amide bonds. The van der Waals surface area contributed by atoms with E-state index in [9.17, 15) is 4.39 Å². The largest absolute Gasteiger partial charge is 0.367 e. The zero-order valence-corrected chi connectivity index (χ0v) is 9.15. The van der Waals surface area contributed by atoms with E-state index in [1.54, 1.807) is 12.1 Å². The summed E-state index contributed by atoms with van der Waals surface area (Å²) in [5, 5.41) is 8.65. The molecule has 1 aromatic carbocycles. The lowest BCUT2D eigenvalue weighted by Gasteiger charge is -2.18. The highest BCUT2D eigenvalue weighted by atomic mass is 19.1. The lowest BCUT2D eigenvalue weighted by molar-refractivity contribution is 0.565. The van der Waals surface area contributed by atoms with Crippen molar-refractivity contribution in [3.63, 3.8) is 0 Å². The molecule has 2 rings (SSSR count). The average molecular weight is 219 g/mol. The van der Waals surface area contributed by atoms with Crippen LogP contribution in [0.5, 0.6) is 0 Å². The summed E-state index contributed by atoms with van der Waals surface area (Å²) >= 11 is 0. The van der Waals surface area contributed by atoms with Gasteiger partial charge in [0.05, 0.1) is 17.3 Å². The number of nitrogens with two attached hydrogens (primary N) is 1. The lowest BCUT2D eigenvalue weighted by atomic mass is 10.1. The Bertz CT molecular complexity index is 428. The quantitative estimate of drug-likeness (QED) is 0.778. The third kappa shape index (κ3) is 1.86. The molecule has 1 saturated heterocycles. The van der Waals surface area contributed by atoms with Crippen LogP contribution in [0.1, 0.15) is 12.5 Å². The Morgan fingerprint density at radius 2 is 2.25 bits per heavy atom. The highest BCUT2D eigenvalue weighted by Gasteiger charge is 2.28. The van der Waals surface area contributed by atoms with Crippen LogP contribution < -0.4 is 10.6 Å². The number of halogens is 1. The number of nitriles is 1. The van der Waals surface area contributed by atoms with Crippen LogP contribution in [-0.2, 0) is 0 Å². The van der Waals surface area contributed by atoms with E-state index in [2.05, 4.69) is 6.92 Å². The number of anilines is 1. The van der Waals surface area contributed by atoms with Crippen LogP contribution in [0.25, 0.3) is 0 Å². The van der Waals surface area contributed by atoms with Crippen LogP contribution in [0.3, 0.4) is 0 Å². The van der Waals surface area contributed by atoms with Crippen LogP contribution in [0.4, 0.5) is 10.1 Å². The monoisotopic (exact) mass is 219 g/mol. The van der Waals surface area contributed by atoms with E-state index in [0.29, 0.717) is 23.7 Å². The molecule has 0 aromatic heterocycles. The number of rotatable bonds is 1. The molecule has 2 atom stereocenters. The van der Waals surface area contributed by atoms with Gasteiger partial charge in [-0.05, 0) is 24.1 Å². The van der Waals surface area contributed by atoms with Crippen molar-refractivity contribution in [2.24, 2.45) is 11.7 Å². The van der Waals surface area contributed by atoms with Crippen molar-refractivity contribution in [3.05, 3.63) is 29.6 Å². The van der Waals surface area contributed by atoms with Crippen LogP contribution in [-0.4, -0.2) is 19.1 Å². The van der Waals surface area contributed by atoms with Crippen molar-refractivity contribution in [1.82, 2.24) is 0 Å². The van der Waals surface area contributed by atoms with Gasteiger partial charge < -0.3 is 10.6 Å². The van der Waals surface area contributed by atoms with E-state index < -0.39 is 0 Å². The van der Waals surface area contributed by atoms with Gasteiger partial charge >= 0.3 is 0 Å². The molecule has 1 aliphatic rings. The van der Waals surface area contributed by atoms with Crippen molar-refractivity contribution < 1.29 is 4.39 Å². The molecule has 4 heteroatoms. The molecular formula is C12H14FN3. The second-order valence-corrected chi connectivity index (χ2v) is 4.32. The summed E-state index contributed by atoms with van der Waals surface area (Å²) in [7, 11) is 0. The molecule has 84 valence electrons. The molecule has 2 N–H and O–H groups in total. The standard InChI is InChI=1S/C12H14FN3/c1-8-6-16(7-11(8)15)12-3-2-9(5-14)4-10(12)13/h2-4,8,11H,6-7,15H2,1H3. The first kappa shape index (κ1) is 10.9. The molecule has 0 aliphatic carbocycles. The third-order valence-corrected chi connectivity index (χ3v) is 3.09. The van der Waals surface area contributed by atoms with Gasteiger partial charge in [0.15, 0.2) is 0 Å². The molecule has 0 saturated carbocycles. The second kappa shape index (κ2) is 4.11. The Morgan fingerprint density at radius 3 is 2.75 bits per heavy atom. The summed E-state index contributed by atoms with van der Waals surface area (Å²) < 4.78 is 13.7. The van der Waals surface area contributed by atoms with Gasteiger partial charge in [0, 0.05) is 19.1 Å². The Labute approximate surface area is 94.3 Å². The fraction of sp³-hybridized carbons (Fsp3) is 0.417. The van der Waals surface area contributed by atoms with Gasteiger partial charge in [0.2, 0.25) is 0 Å². The normalized spacial score (nSPS) is 24.5. The number of hydrogen-bond donors (Lipinski definition) is 1. The zero-order chi connectivity index (χ0) is 11.7. The van der Waals surface area contributed by atoms with Crippen LogP contribution >= 0.6 is 0 Å². The van der Waals surface area contributed by atoms with Crippen molar-refractivity contribution in [2.75, 3.05) is 18.0 Å². The summed E-state index contributed by atoms with van der Waals surface area (Å²) in [6.45, 7) is 3.50. The first-order valence-electron chi connectivity index (χ1n) is 5.32. The highest BCUT2D eigenvalue weighted by Crippen LogP contribution is 2.26. The maximum Gasteiger partial charge on any atom is 0.147 e. The number of nitrogens with zero attached hydrogens (tertiary/aromatic N) is 2. The topological polar surface area (TPSA) is 53.0 Å². The smallest absolute Gasteiger partial charge is 0.147 e. The summed E-state index contributed by atoms with van der Waals surface area (Å²) in [5.74, 6) is 0.0235. The van der Waals surface area contributed by atoms with Crippen LogP contribution in [0.15, 0.2) is 18.2 Å². The summed E-state index contributed by atoms with van der Waals surface area (Å²) in [5.41, 5.74) is 6.78. The molecular weight excluding hydrogens is 205 g/mol. The first-order valence-corrected chi connectivity index (χ1v) is 5.32. The van der Waals surface area contributed by atoms with Crippen molar-refractivity contribution in [1.29, 1.82) is 5.26 Å². The molecule has 0 radical (unpaired) electrons. The van der Waals surface area contributed by atoms with Gasteiger partial charge in [0.1, 0.15) is 5.82 Å². The number of benzene rings is 1. The summed E-state index contributed by atoms with van der Waals surface area (Å²) in [6, 6.07) is 6.56. The lowest BCUT2D eigenvalue weighted by Crippen LogP contribution is -2.28. The molecule has 0 spiro atoms. The van der Waals surface area contributed by atoms with E-state index in [1.165, 1.54) is 6.07 Å². The van der Waals surface area contributed by atoms with Gasteiger partial charge in [-0.1, -0.05) is 6.92 Å². The minimum absolute atomic E-state index is 0.0926. The Kier molecular flexibility index (Phi) is 2.80. The average Bonchev–Trinajstić information content (AvgIpc) is 2.58. The molecule has 1 aliphatic heterocycles. The van der Waals surface area contributed by atoms with E-state index in [-0.39, 0.29) is 11.9 Å². The van der Waals surface area contributed by atoms with E-state index in [1.807, 2.05) is 11.0 Å². The van der Waals surface area contributed by atoms with E-state index in [0.717, 1.165) is 6.54 Å². The maximum atomic E-state index is 13.7. The van der Waals surface area contributed by atoms with Crippen molar-refractivity contribution in [3.8, 4) is 6.07 Å². The van der Waals surface area contributed by atoms with E-state index in [4.69, 9.17) is 11.0 Å². The fourth-order valence-corrected chi connectivity index (χ4v) is 2.02. The second-order valence-electron chi connectivity index (χ2n) is 4.32. The zero-order valence-electron chi connectivity index (χ0n) is 9.15. The Morgan fingerprint density at radius 1 is 1.50 bits per heavy atom. The summed E-state index contributed by atoms with van der Waals surface area (Å²) in [6.07, 6.45) is 0. The Balaban J connectivity index is 2.26. The molecule has 16 heavy (non-hydrogen) atoms. The molecule has 1 fully saturated rings. The molecule has 3 nitrogen and oxygen atoms in total. The van der Waals surface area contributed by atoms with Gasteiger partial charge in [-0.3, -0.25) is 0 Å².